The van der Waals surface area contributed by atoms with Gasteiger partial charge in [0.15, 0.2) is 0 Å². The van der Waals surface area contributed by atoms with Crippen LogP contribution in [0.2, 0.25) is 0 Å². The number of nitrogens with zero attached hydrogens (tertiary/aromatic N) is 1. The summed E-state index contributed by atoms with van der Waals surface area (Å²) < 4.78 is 5.82. The summed E-state index contributed by atoms with van der Waals surface area (Å²) in [5.41, 5.74) is 2.22. The third-order valence-electron chi connectivity index (χ3n) is 4.45. The zero-order chi connectivity index (χ0) is 15.4. The Balaban J connectivity index is 1.69. The largest absolute Gasteiger partial charge is 0.386 e. The lowest BCUT2D eigenvalue weighted by Gasteiger charge is -2.38. The van der Waals surface area contributed by atoms with Crippen LogP contribution in [0.4, 0.5) is 0 Å². The minimum Gasteiger partial charge on any atom is -0.386 e. The van der Waals surface area contributed by atoms with E-state index in [1.54, 1.807) is 0 Å². The molecule has 1 N–H and O–H groups in total. The maximum atomic E-state index is 10.6. The second-order valence-corrected chi connectivity index (χ2v) is 5.85. The lowest BCUT2D eigenvalue weighted by atomic mass is 10.0. The standard InChI is InChI=1S/C19H23NO2/c1-15(16-8-4-2-5-9-16)20-12-13-22-18(14-20)19(21)17-10-6-3-7-11-17/h2-11,15,18-19,21H,12-14H2,1H3/t15-,18+,19+/m0/s1. The molecule has 1 heterocycles. The second-order valence-electron chi connectivity index (χ2n) is 5.85. The van der Waals surface area contributed by atoms with Gasteiger partial charge in [-0.05, 0) is 18.1 Å². The molecule has 2 aromatic carbocycles. The predicted octanol–water partition coefficient (Wildman–Crippen LogP) is 3.18. The molecule has 3 heteroatoms. The van der Waals surface area contributed by atoms with Crippen molar-refractivity contribution in [2.75, 3.05) is 19.7 Å². The maximum absolute atomic E-state index is 10.6. The van der Waals surface area contributed by atoms with Gasteiger partial charge in [-0.15, -0.1) is 0 Å². The molecule has 3 rings (SSSR count). The molecular formula is C19H23NO2. The van der Waals surface area contributed by atoms with Crippen molar-refractivity contribution in [2.45, 2.75) is 25.2 Å². The Morgan fingerprint density at radius 2 is 1.59 bits per heavy atom. The smallest absolute Gasteiger partial charge is 0.106 e. The van der Waals surface area contributed by atoms with Crippen LogP contribution in [0.15, 0.2) is 60.7 Å². The second kappa shape index (κ2) is 7.05. The van der Waals surface area contributed by atoms with E-state index in [-0.39, 0.29) is 6.10 Å². The fraction of sp³-hybridized carbons (Fsp3) is 0.368. The van der Waals surface area contributed by atoms with Crippen molar-refractivity contribution < 1.29 is 9.84 Å². The summed E-state index contributed by atoms with van der Waals surface area (Å²) in [6.07, 6.45) is -0.755. The summed E-state index contributed by atoms with van der Waals surface area (Å²) in [6.45, 7) is 4.51. The molecule has 0 unspecified atom stereocenters. The summed E-state index contributed by atoms with van der Waals surface area (Å²) >= 11 is 0. The maximum Gasteiger partial charge on any atom is 0.106 e. The van der Waals surface area contributed by atoms with Crippen LogP contribution in [0, 0.1) is 0 Å². The van der Waals surface area contributed by atoms with Gasteiger partial charge < -0.3 is 9.84 Å². The number of benzene rings is 2. The zero-order valence-corrected chi connectivity index (χ0v) is 12.9. The first-order valence-corrected chi connectivity index (χ1v) is 7.89. The molecule has 1 aliphatic rings. The van der Waals surface area contributed by atoms with E-state index in [1.807, 2.05) is 36.4 Å². The molecule has 116 valence electrons. The van der Waals surface area contributed by atoms with E-state index in [2.05, 4.69) is 36.1 Å². The fourth-order valence-corrected chi connectivity index (χ4v) is 3.05. The predicted molar refractivity (Wildman–Crippen MR) is 87.6 cm³/mol. The van der Waals surface area contributed by atoms with Crippen molar-refractivity contribution in [1.29, 1.82) is 0 Å². The first kappa shape index (κ1) is 15.2. The van der Waals surface area contributed by atoms with E-state index >= 15 is 0 Å². The summed E-state index contributed by atoms with van der Waals surface area (Å²) in [7, 11) is 0. The number of aliphatic hydroxyl groups excluding tert-OH is 1. The van der Waals surface area contributed by atoms with Gasteiger partial charge in [0.05, 0.1) is 6.61 Å². The lowest BCUT2D eigenvalue weighted by molar-refractivity contribution is -0.0980. The van der Waals surface area contributed by atoms with Crippen LogP contribution < -0.4 is 0 Å². The molecular weight excluding hydrogens is 274 g/mol. The van der Waals surface area contributed by atoms with Crippen molar-refractivity contribution in [3.63, 3.8) is 0 Å². The molecule has 0 bridgehead atoms. The Hall–Kier alpha value is -1.68. The molecule has 3 atom stereocenters. The molecule has 0 spiro atoms. The topological polar surface area (TPSA) is 32.7 Å². The van der Waals surface area contributed by atoms with E-state index in [0.717, 1.165) is 18.7 Å². The summed E-state index contributed by atoms with van der Waals surface area (Å²) in [6, 6.07) is 20.6. The average molecular weight is 297 g/mol. The molecule has 1 aliphatic heterocycles. The molecule has 0 radical (unpaired) electrons. The van der Waals surface area contributed by atoms with E-state index < -0.39 is 6.10 Å². The highest BCUT2D eigenvalue weighted by atomic mass is 16.5. The van der Waals surface area contributed by atoms with Crippen LogP contribution in [0.25, 0.3) is 0 Å². The van der Waals surface area contributed by atoms with Crippen molar-refractivity contribution >= 4 is 0 Å². The van der Waals surface area contributed by atoms with Crippen molar-refractivity contribution in [2.24, 2.45) is 0 Å². The first-order valence-electron chi connectivity index (χ1n) is 7.89. The number of aliphatic hydroxyl groups is 1. The number of hydrogen-bond donors (Lipinski definition) is 1. The van der Waals surface area contributed by atoms with Crippen molar-refractivity contribution in [3.8, 4) is 0 Å². The van der Waals surface area contributed by atoms with Crippen molar-refractivity contribution in [1.82, 2.24) is 4.90 Å². The highest BCUT2D eigenvalue weighted by Gasteiger charge is 2.30. The van der Waals surface area contributed by atoms with Gasteiger partial charge in [-0.1, -0.05) is 60.7 Å². The Bertz CT molecular complexity index is 521. The van der Waals surface area contributed by atoms with Crippen LogP contribution in [-0.2, 0) is 4.74 Å². The Labute approximate surface area is 132 Å². The van der Waals surface area contributed by atoms with E-state index in [4.69, 9.17) is 4.74 Å². The van der Waals surface area contributed by atoms with E-state index in [0.29, 0.717) is 12.6 Å². The van der Waals surface area contributed by atoms with E-state index in [1.165, 1.54) is 5.56 Å². The van der Waals surface area contributed by atoms with Gasteiger partial charge in [0.1, 0.15) is 12.2 Å². The minimum atomic E-state index is -0.577. The molecule has 22 heavy (non-hydrogen) atoms. The Kier molecular flexibility index (Phi) is 4.88. The Morgan fingerprint density at radius 3 is 2.23 bits per heavy atom. The third kappa shape index (κ3) is 3.38. The monoisotopic (exact) mass is 297 g/mol. The van der Waals surface area contributed by atoms with E-state index in [9.17, 15) is 5.11 Å². The van der Waals surface area contributed by atoms with Crippen molar-refractivity contribution in [3.05, 3.63) is 71.8 Å². The highest BCUT2D eigenvalue weighted by Crippen LogP contribution is 2.27. The molecule has 0 aromatic heterocycles. The average Bonchev–Trinajstić information content (AvgIpc) is 2.62. The Morgan fingerprint density at radius 1 is 1.00 bits per heavy atom. The highest BCUT2D eigenvalue weighted by molar-refractivity contribution is 5.20. The summed E-state index contributed by atoms with van der Waals surface area (Å²) in [4.78, 5) is 2.38. The number of rotatable bonds is 4. The number of morpholine rings is 1. The van der Waals surface area contributed by atoms with Gasteiger partial charge in [0.25, 0.3) is 0 Å². The summed E-state index contributed by atoms with van der Waals surface area (Å²) in [5.74, 6) is 0. The van der Waals surface area contributed by atoms with Crippen LogP contribution in [0.3, 0.4) is 0 Å². The van der Waals surface area contributed by atoms with Gasteiger partial charge in [-0.25, -0.2) is 0 Å². The number of ether oxygens (including phenoxy) is 1. The fourth-order valence-electron chi connectivity index (χ4n) is 3.05. The van der Waals surface area contributed by atoms with Gasteiger partial charge in [0, 0.05) is 19.1 Å². The SMILES string of the molecule is C[C@@H](c1ccccc1)N1CCO[C@@H]([C@H](O)c2ccccc2)C1. The number of hydrogen-bond acceptors (Lipinski definition) is 3. The molecule has 1 saturated heterocycles. The quantitative estimate of drug-likeness (QED) is 0.941. The molecule has 3 nitrogen and oxygen atoms in total. The molecule has 2 aromatic rings. The molecule has 0 aliphatic carbocycles. The molecule has 0 amide bonds. The molecule has 0 saturated carbocycles. The lowest BCUT2D eigenvalue weighted by Crippen LogP contribution is -2.46. The molecule has 1 fully saturated rings. The van der Waals surface area contributed by atoms with Crippen LogP contribution in [0.1, 0.15) is 30.2 Å². The van der Waals surface area contributed by atoms with Gasteiger partial charge >= 0.3 is 0 Å². The van der Waals surface area contributed by atoms with Gasteiger partial charge in [-0.2, -0.15) is 0 Å². The normalized spacial score (nSPS) is 22.2. The third-order valence-corrected chi connectivity index (χ3v) is 4.45. The minimum absolute atomic E-state index is 0.178. The van der Waals surface area contributed by atoms with Gasteiger partial charge in [-0.3, -0.25) is 4.90 Å². The van der Waals surface area contributed by atoms with Gasteiger partial charge in [0.2, 0.25) is 0 Å². The first-order chi connectivity index (χ1) is 10.8. The summed E-state index contributed by atoms with van der Waals surface area (Å²) in [5, 5.41) is 10.6. The van der Waals surface area contributed by atoms with Crippen LogP contribution in [0.5, 0.6) is 0 Å². The zero-order valence-electron chi connectivity index (χ0n) is 12.9. The van der Waals surface area contributed by atoms with Crippen LogP contribution in [-0.4, -0.2) is 35.8 Å². The van der Waals surface area contributed by atoms with Crippen LogP contribution >= 0.6 is 0 Å².